The molecule has 26 heavy (non-hydrogen) atoms. The number of fused-ring (bicyclic) bond motifs is 1. The molecule has 0 saturated heterocycles. The Kier molecular flexibility index (Phi) is 4.45. The first kappa shape index (κ1) is 17.6. The second kappa shape index (κ2) is 6.58. The van der Waals surface area contributed by atoms with Crippen LogP contribution < -0.4 is 14.8 Å². The number of ether oxygens (including phenoxy) is 3. The number of carbonyl (C=O) groups excluding carboxylic acids is 2. The van der Waals surface area contributed by atoms with Crippen molar-refractivity contribution in [1.29, 1.82) is 0 Å². The van der Waals surface area contributed by atoms with Gasteiger partial charge in [-0.25, -0.2) is 9.18 Å². The highest BCUT2D eigenvalue weighted by molar-refractivity contribution is 5.95. The fraction of sp³-hybridized carbons (Fsp3) is 0.176. The highest BCUT2D eigenvalue weighted by Gasteiger charge is 2.43. The smallest absolute Gasteiger partial charge is 0.452 e. The van der Waals surface area contributed by atoms with Gasteiger partial charge in [0.2, 0.25) is 0 Å². The number of carbonyl (C=O) groups is 2. The number of benzene rings is 2. The van der Waals surface area contributed by atoms with Gasteiger partial charge >= 0.3 is 12.3 Å². The number of nitrogens with one attached hydrogen (secondary N) is 1. The molecule has 0 unspecified atom stereocenters. The van der Waals surface area contributed by atoms with Gasteiger partial charge in [-0.15, -0.1) is 8.78 Å². The van der Waals surface area contributed by atoms with Crippen LogP contribution in [0.3, 0.4) is 0 Å². The normalized spacial score (nSPS) is 14.0. The average Bonchev–Trinajstić information content (AvgIpc) is 2.88. The lowest BCUT2D eigenvalue weighted by atomic mass is 10.1. The molecule has 3 rings (SSSR count). The number of amides is 1. The number of halogens is 3. The fourth-order valence-corrected chi connectivity index (χ4v) is 2.16. The van der Waals surface area contributed by atoms with E-state index in [4.69, 9.17) is 4.74 Å². The Labute approximate surface area is 145 Å². The fourth-order valence-electron chi connectivity index (χ4n) is 2.16. The van der Waals surface area contributed by atoms with Gasteiger partial charge in [-0.05, 0) is 36.8 Å². The summed E-state index contributed by atoms with van der Waals surface area (Å²) in [6.07, 6.45) is -3.76. The zero-order valence-electron chi connectivity index (χ0n) is 13.3. The van der Waals surface area contributed by atoms with Crippen LogP contribution in [0.1, 0.15) is 15.9 Å². The van der Waals surface area contributed by atoms with Crippen molar-refractivity contribution in [2.24, 2.45) is 0 Å². The minimum atomic E-state index is -3.76. The van der Waals surface area contributed by atoms with Crippen molar-refractivity contribution >= 4 is 17.6 Å². The van der Waals surface area contributed by atoms with Crippen molar-refractivity contribution in [2.75, 3.05) is 11.9 Å². The maximum atomic E-state index is 13.4. The van der Waals surface area contributed by atoms with Crippen molar-refractivity contribution < 1.29 is 37.0 Å². The first-order valence-electron chi connectivity index (χ1n) is 7.36. The van der Waals surface area contributed by atoms with Crippen molar-refractivity contribution in [2.45, 2.75) is 13.2 Å². The molecular weight excluding hydrogens is 355 g/mol. The lowest BCUT2D eigenvalue weighted by Gasteiger charge is -2.07. The Morgan fingerprint density at radius 3 is 2.58 bits per heavy atom. The van der Waals surface area contributed by atoms with Gasteiger partial charge in [0.25, 0.3) is 5.91 Å². The van der Waals surface area contributed by atoms with Gasteiger partial charge in [0, 0.05) is 11.8 Å². The Bertz CT molecular complexity index is 885. The molecule has 1 aliphatic heterocycles. The Hall–Kier alpha value is -3.23. The van der Waals surface area contributed by atoms with Gasteiger partial charge < -0.3 is 19.5 Å². The molecule has 1 heterocycles. The third-order valence-electron chi connectivity index (χ3n) is 3.43. The van der Waals surface area contributed by atoms with Crippen LogP contribution in [0.5, 0.6) is 11.5 Å². The molecule has 0 atom stereocenters. The minimum absolute atomic E-state index is 0.0359. The van der Waals surface area contributed by atoms with Crippen molar-refractivity contribution in [3.63, 3.8) is 0 Å². The largest absolute Gasteiger partial charge is 0.586 e. The van der Waals surface area contributed by atoms with Gasteiger partial charge in [0.1, 0.15) is 5.82 Å². The molecule has 2 aromatic carbocycles. The molecule has 0 aliphatic carbocycles. The van der Waals surface area contributed by atoms with E-state index < -0.39 is 30.6 Å². The number of aryl methyl sites for hydroxylation is 1. The molecule has 9 heteroatoms. The third kappa shape index (κ3) is 3.88. The van der Waals surface area contributed by atoms with Crippen LogP contribution in [0.25, 0.3) is 0 Å². The summed E-state index contributed by atoms with van der Waals surface area (Å²) in [6, 6.07) is 7.45. The Morgan fingerprint density at radius 2 is 1.85 bits per heavy atom. The van der Waals surface area contributed by atoms with Crippen LogP contribution >= 0.6 is 0 Å². The predicted molar refractivity (Wildman–Crippen MR) is 82.7 cm³/mol. The van der Waals surface area contributed by atoms with Crippen LogP contribution in [-0.2, 0) is 9.53 Å². The molecule has 0 aromatic heterocycles. The Balaban J connectivity index is 1.56. The summed E-state index contributed by atoms with van der Waals surface area (Å²) in [5, 5.41) is 2.36. The molecule has 0 bridgehead atoms. The Morgan fingerprint density at radius 1 is 1.12 bits per heavy atom. The van der Waals surface area contributed by atoms with Gasteiger partial charge in [-0.3, -0.25) is 4.79 Å². The first-order valence-corrected chi connectivity index (χ1v) is 7.36. The molecule has 136 valence electrons. The number of esters is 1. The number of hydrogen-bond donors (Lipinski definition) is 1. The lowest BCUT2D eigenvalue weighted by Crippen LogP contribution is -2.25. The van der Waals surface area contributed by atoms with E-state index in [-0.39, 0.29) is 22.7 Å². The maximum Gasteiger partial charge on any atom is 0.586 e. The lowest BCUT2D eigenvalue weighted by molar-refractivity contribution is -0.286. The topological polar surface area (TPSA) is 73.9 Å². The summed E-state index contributed by atoms with van der Waals surface area (Å²) in [5.74, 6) is -2.55. The molecule has 1 aliphatic rings. The summed E-state index contributed by atoms with van der Waals surface area (Å²) < 4.78 is 52.6. The van der Waals surface area contributed by atoms with Gasteiger partial charge in [0.05, 0.1) is 5.56 Å². The number of anilines is 1. The first-order chi connectivity index (χ1) is 12.2. The minimum Gasteiger partial charge on any atom is -0.452 e. The van der Waals surface area contributed by atoms with Gasteiger partial charge in [-0.1, -0.05) is 6.07 Å². The molecule has 0 spiro atoms. The quantitative estimate of drug-likeness (QED) is 0.840. The summed E-state index contributed by atoms with van der Waals surface area (Å²) in [6.45, 7) is 0.901. The second-order valence-corrected chi connectivity index (χ2v) is 5.42. The van der Waals surface area contributed by atoms with E-state index in [1.54, 1.807) is 6.92 Å². The van der Waals surface area contributed by atoms with E-state index in [0.717, 1.165) is 12.1 Å². The standard InChI is InChI=1S/C17H12F3NO5/c1-9-2-3-10(6-12(9)18)16(23)24-8-15(22)21-11-4-5-13-14(7-11)26-17(19,20)25-13/h2-7H,8H2,1H3,(H,21,22). The zero-order chi connectivity index (χ0) is 18.9. The molecule has 0 radical (unpaired) electrons. The van der Waals surface area contributed by atoms with Crippen LogP contribution in [0.4, 0.5) is 18.9 Å². The van der Waals surface area contributed by atoms with E-state index in [2.05, 4.69) is 14.8 Å². The third-order valence-corrected chi connectivity index (χ3v) is 3.43. The highest BCUT2D eigenvalue weighted by Crippen LogP contribution is 2.42. The van der Waals surface area contributed by atoms with E-state index in [0.29, 0.717) is 5.56 Å². The molecule has 0 fully saturated rings. The number of hydrogen-bond acceptors (Lipinski definition) is 5. The average molecular weight is 367 g/mol. The molecular formula is C17H12F3NO5. The summed E-state index contributed by atoms with van der Waals surface area (Å²) in [5.41, 5.74) is 0.478. The molecule has 6 nitrogen and oxygen atoms in total. The monoisotopic (exact) mass is 367 g/mol. The van der Waals surface area contributed by atoms with E-state index >= 15 is 0 Å². The van der Waals surface area contributed by atoms with Crippen molar-refractivity contribution in [3.05, 3.63) is 53.3 Å². The summed E-state index contributed by atoms with van der Waals surface area (Å²) in [4.78, 5) is 23.6. The van der Waals surface area contributed by atoms with Crippen LogP contribution in [0.15, 0.2) is 36.4 Å². The van der Waals surface area contributed by atoms with E-state index in [9.17, 15) is 22.8 Å². The maximum absolute atomic E-state index is 13.4. The molecule has 2 aromatic rings. The molecule has 1 N–H and O–H groups in total. The highest BCUT2D eigenvalue weighted by atomic mass is 19.3. The number of alkyl halides is 2. The summed E-state index contributed by atoms with van der Waals surface area (Å²) >= 11 is 0. The van der Waals surface area contributed by atoms with Gasteiger partial charge in [0.15, 0.2) is 18.1 Å². The molecule has 1 amide bonds. The van der Waals surface area contributed by atoms with Crippen LogP contribution in [-0.4, -0.2) is 24.8 Å². The van der Waals surface area contributed by atoms with Crippen molar-refractivity contribution in [1.82, 2.24) is 0 Å². The second-order valence-electron chi connectivity index (χ2n) is 5.42. The SMILES string of the molecule is Cc1ccc(C(=O)OCC(=O)Nc2ccc3c(c2)OC(F)(F)O3)cc1F. The molecule has 0 saturated carbocycles. The van der Waals surface area contributed by atoms with Crippen molar-refractivity contribution in [3.8, 4) is 11.5 Å². The predicted octanol–water partition coefficient (Wildman–Crippen LogP) is 3.25. The number of rotatable bonds is 4. The van der Waals surface area contributed by atoms with Crippen LogP contribution in [0.2, 0.25) is 0 Å². The van der Waals surface area contributed by atoms with Crippen LogP contribution in [0, 0.1) is 12.7 Å². The summed E-state index contributed by atoms with van der Waals surface area (Å²) in [7, 11) is 0. The zero-order valence-corrected chi connectivity index (χ0v) is 13.3. The van der Waals surface area contributed by atoms with E-state index in [1.165, 1.54) is 24.3 Å². The van der Waals surface area contributed by atoms with Gasteiger partial charge in [-0.2, -0.15) is 0 Å². The van der Waals surface area contributed by atoms with E-state index in [1.807, 2.05) is 0 Å².